The van der Waals surface area contributed by atoms with E-state index >= 15 is 0 Å². The molecule has 6 aliphatic rings. The fourth-order valence-electron chi connectivity index (χ4n) is 12.1. The van der Waals surface area contributed by atoms with Gasteiger partial charge in [-0.2, -0.15) is 20.7 Å². The van der Waals surface area contributed by atoms with Gasteiger partial charge in [-0.1, -0.05) is 0 Å². The molecular formula is C54H62N12O4. The Morgan fingerprint density at radius 3 is 1.86 bits per heavy atom. The molecule has 2 N–H and O–H groups in total. The predicted octanol–water partition coefficient (Wildman–Crippen LogP) is 8.60. The number of fused-ring (bicyclic) bond motifs is 2. The topological polar surface area (TPSA) is 200 Å². The van der Waals surface area contributed by atoms with Crippen molar-refractivity contribution in [2.45, 2.75) is 138 Å². The molecule has 2 saturated heterocycles. The van der Waals surface area contributed by atoms with Crippen LogP contribution in [0.15, 0.2) is 55.0 Å². The van der Waals surface area contributed by atoms with Crippen molar-refractivity contribution in [3.05, 3.63) is 71.8 Å². The number of nitriles is 2. The fourth-order valence-corrected chi connectivity index (χ4v) is 12.1. The van der Waals surface area contributed by atoms with Crippen molar-refractivity contribution >= 4 is 33.4 Å². The summed E-state index contributed by atoms with van der Waals surface area (Å²) in [5.41, 5.74) is 6.30. The van der Waals surface area contributed by atoms with E-state index in [-0.39, 0.29) is 24.3 Å². The molecule has 4 atom stereocenters. The van der Waals surface area contributed by atoms with Gasteiger partial charge in [-0.25, -0.2) is 9.97 Å². The molecule has 362 valence electrons. The summed E-state index contributed by atoms with van der Waals surface area (Å²) in [7, 11) is 0. The van der Waals surface area contributed by atoms with Gasteiger partial charge in [0, 0.05) is 54.1 Å². The highest BCUT2D eigenvalue weighted by Gasteiger charge is 2.44. The number of aromatic nitrogens is 8. The third kappa shape index (κ3) is 8.26. The van der Waals surface area contributed by atoms with Crippen LogP contribution in [-0.2, 0) is 29.8 Å². The highest BCUT2D eigenvalue weighted by atomic mass is 16.5. The van der Waals surface area contributed by atoms with Crippen molar-refractivity contribution < 1.29 is 18.9 Å². The maximum atomic E-state index is 11.1. The second-order valence-corrected chi connectivity index (χ2v) is 21.0. The molecule has 0 amide bonds. The quantitative estimate of drug-likeness (QED) is 0.118. The Labute approximate surface area is 408 Å². The highest BCUT2D eigenvalue weighted by molar-refractivity contribution is 5.96. The molecule has 12 rings (SSSR count). The van der Waals surface area contributed by atoms with Crippen LogP contribution < -0.4 is 9.80 Å². The van der Waals surface area contributed by atoms with Gasteiger partial charge < -0.3 is 28.7 Å². The monoisotopic (exact) mass is 943 g/mol. The smallest absolute Gasteiger partial charge is 0.130 e. The number of nitrogens with one attached hydrogen (secondary N) is 2. The minimum Gasteiger partial charge on any atom is -0.378 e. The van der Waals surface area contributed by atoms with E-state index in [2.05, 4.69) is 69.3 Å². The Bertz CT molecular complexity index is 2940. The molecule has 4 saturated carbocycles. The van der Waals surface area contributed by atoms with Crippen molar-refractivity contribution in [2.75, 3.05) is 55.9 Å². The SMILES string of the molecule is C[C@@H]1COCCN1c1cc(C2(C#N)CCC(OC3CCC3)CC2)c2ccnc(-c3cc(C4CC4COC4CCC(C#N)(c5cc(N6CCOC[C@H]6C)nc6c(-c7ccn[nH]7)nccc56)CC4)[nH]n3)c2n1. The summed E-state index contributed by atoms with van der Waals surface area (Å²) in [4.78, 5) is 24.9. The minimum absolute atomic E-state index is 0.0691. The number of pyridine rings is 4. The average molecular weight is 943 g/mol. The number of ether oxygens (including phenoxy) is 4. The summed E-state index contributed by atoms with van der Waals surface area (Å²) in [6.07, 6.45) is 16.8. The van der Waals surface area contributed by atoms with Crippen molar-refractivity contribution in [1.82, 2.24) is 40.3 Å². The lowest BCUT2D eigenvalue weighted by molar-refractivity contribution is -0.0692. The molecule has 6 aromatic rings. The number of nitrogens with zero attached hydrogens (tertiary/aromatic N) is 10. The largest absolute Gasteiger partial charge is 0.378 e. The number of H-pyrrole nitrogens is 2. The van der Waals surface area contributed by atoms with E-state index in [0.29, 0.717) is 63.8 Å². The Morgan fingerprint density at radius 2 is 1.30 bits per heavy atom. The summed E-state index contributed by atoms with van der Waals surface area (Å²) in [5.74, 6) is 2.37. The van der Waals surface area contributed by atoms with E-state index in [1.165, 1.54) is 6.42 Å². The van der Waals surface area contributed by atoms with E-state index in [0.717, 1.165) is 144 Å². The lowest BCUT2D eigenvalue weighted by Crippen LogP contribution is -2.44. The first kappa shape index (κ1) is 45.1. The van der Waals surface area contributed by atoms with Crippen LogP contribution in [0.4, 0.5) is 11.6 Å². The summed E-state index contributed by atoms with van der Waals surface area (Å²) >= 11 is 0. The van der Waals surface area contributed by atoms with Gasteiger partial charge in [-0.05, 0) is 144 Å². The van der Waals surface area contributed by atoms with Crippen LogP contribution in [0, 0.1) is 28.6 Å². The van der Waals surface area contributed by atoms with Gasteiger partial charge in [0.25, 0.3) is 0 Å². The molecule has 16 nitrogen and oxygen atoms in total. The number of hydrogen-bond acceptors (Lipinski definition) is 14. The van der Waals surface area contributed by atoms with Crippen LogP contribution in [0.3, 0.4) is 0 Å². The number of rotatable bonds is 12. The Balaban J connectivity index is 0.757. The first-order chi connectivity index (χ1) is 34.3. The third-order valence-electron chi connectivity index (χ3n) is 16.7. The maximum Gasteiger partial charge on any atom is 0.130 e. The van der Waals surface area contributed by atoms with Gasteiger partial charge in [0.15, 0.2) is 0 Å². The molecule has 0 radical (unpaired) electrons. The number of morpholine rings is 2. The zero-order chi connectivity index (χ0) is 47.4. The average Bonchev–Trinajstić information content (AvgIpc) is 3.68. The minimum atomic E-state index is -0.697. The second-order valence-electron chi connectivity index (χ2n) is 21.0. The molecule has 2 unspecified atom stereocenters. The maximum absolute atomic E-state index is 11.1. The molecule has 0 bridgehead atoms. The standard InChI is InChI=1S/C54H62N12O4/c1-33-28-67-22-20-65(33)47-25-42(39-10-17-57-51(49(39)60-47)44-12-19-59-62-44)53(31-55)13-6-36(7-14-53)69-30-35-24-41(35)45-27-46(64-63-45)52-50-40(11-18-58-52)43(26-48(61-50)66-21-23-68-29-34(66)2)54(32-56)15-8-38(9-16-54)70-37-4-3-5-37/h10-12,17-19,25-27,33-38,41H,3-9,13-16,20-24,28-30H2,1-2H3,(H,59,62)(H,63,64)/t33-,34-,35?,36?,38?,41?,53?,54?/m1/s1. The zero-order valence-corrected chi connectivity index (χ0v) is 40.3. The number of anilines is 2. The molecular weight excluding hydrogens is 881 g/mol. The summed E-state index contributed by atoms with van der Waals surface area (Å²) < 4.78 is 24.8. The molecule has 0 aromatic carbocycles. The second kappa shape index (κ2) is 18.6. The van der Waals surface area contributed by atoms with Crippen molar-refractivity contribution in [2.24, 2.45) is 5.92 Å². The number of aromatic amines is 2. The van der Waals surface area contributed by atoms with E-state index in [4.69, 9.17) is 44.0 Å². The van der Waals surface area contributed by atoms with Crippen LogP contribution in [0.1, 0.15) is 114 Å². The number of hydrogen-bond donors (Lipinski definition) is 2. The molecule has 16 heteroatoms. The van der Waals surface area contributed by atoms with Crippen molar-refractivity contribution in [3.63, 3.8) is 0 Å². The summed E-state index contributed by atoms with van der Waals surface area (Å²) in [6.45, 7) is 8.95. The highest BCUT2D eigenvalue weighted by Crippen LogP contribution is 2.50. The Morgan fingerprint density at radius 1 is 0.714 bits per heavy atom. The van der Waals surface area contributed by atoms with Gasteiger partial charge in [-0.15, -0.1) is 0 Å². The molecule has 6 aromatic heterocycles. The van der Waals surface area contributed by atoms with Crippen LogP contribution in [0.5, 0.6) is 0 Å². The van der Waals surface area contributed by atoms with Crippen LogP contribution in [0.2, 0.25) is 0 Å². The van der Waals surface area contributed by atoms with Gasteiger partial charge >= 0.3 is 0 Å². The van der Waals surface area contributed by atoms with Gasteiger partial charge in [-0.3, -0.25) is 20.2 Å². The molecule has 2 aliphatic heterocycles. The summed E-state index contributed by atoms with van der Waals surface area (Å²) in [5, 5.41) is 39.6. The first-order valence-corrected chi connectivity index (χ1v) is 25.8. The fraction of sp³-hybridized carbons (Fsp3) is 0.556. The van der Waals surface area contributed by atoms with E-state index < -0.39 is 10.8 Å². The predicted molar refractivity (Wildman–Crippen MR) is 264 cm³/mol. The van der Waals surface area contributed by atoms with Crippen molar-refractivity contribution in [3.8, 4) is 34.9 Å². The normalized spacial score (nSPS) is 29.4. The molecule has 4 aliphatic carbocycles. The molecule has 0 spiro atoms. The Kier molecular flexibility index (Phi) is 12.0. The summed E-state index contributed by atoms with van der Waals surface area (Å²) in [6, 6.07) is 18.4. The van der Waals surface area contributed by atoms with Crippen LogP contribution in [0.25, 0.3) is 44.6 Å². The van der Waals surface area contributed by atoms with Gasteiger partial charge in [0.1, 0.15) is 39.8 Å². The molecule has 70 heavy (non-hydrogen) atoms. The van der Waals surface area contributed by atoms with Crippen molar-refractivity contribution in [1.29, 1.82) is 10.5 Å². The first-order valence-electron chi connectivity index (χ1n) is 25.8. The van der Waals surface area contributed by atoms with Crippen LogP contribution >= 0.6 is 0 Å². The van der Waals surface area contributed by atoms with E-state index in [1.54, 1.807) is 6.20 Å². The third-order valence-corrected chi connectivity index (χ3v) is 16.7. The van der Waals surface area contributed by atoms with Gasteiger partial charge in [0.2, 0.25) is 0 Å². The lowest BCUT2D eigenvalue weighted by atomic mass is 9.68. The van der Waals surface area contributed by atoms with Gasteiger partial charge in [0.05, 0.1) is 92.1 Å². The van der Waals surface area contributed by atoms with Crippen LogP contribution in [-0.4, -0.2) is 117 Å². The van der Waals surface area contributed by atoms with E-state index in [1.807, 2.05) is 30.6 Å². The Hall–Kier alpha value is -6.04. The molecule has 6 fully saturated rings. The lowest BCUT2D eigenvalue weighted by Gasteiger charge is -2.39. The van der Waals surface area contributed by atoms with E-state index in [9.17, 15) is 10.5 Å². The molecule has 8 heterocycles. The zero-order valence-electron chi connectivity index (χ0n) is 40.3.